The van der Waals surface area contributed by atoms with Crippen molar-refractivity contribution in [2.45, 2.75) is 25.2 Å². The van der Waals surface area contributed by atoms with Gasteiger partial charge in [-0.25, -0.2) is 0 Å². The number of rotatable bonds is 2. The van der Waals surface area contributed by atoms with E-state index >= 15 is 0 Å². The van der Waals surface area contributed by atoms with Gasteiger partial charge in [-0.05, 0) is 31.4 Å². The van der Waals surface area contributed by atoms with Crippen molar-refractivity contribution < 1.29 is 4.79 Å². The number of hydrogen-bond donors (Lipinski definition) is 0. The van der Waals surface area contributed by atoms with Gasteiger partial charge in [0.2, 0.25) is 0 Å². The van der Waals surface area contributed by atoms with Crippen LogP contribution in [0.1, 0.15) is 25.3 Å². The highest BCUT2D eigenvalue weighted by Crippen LogP contribution is 2.52. The quantitative estimate of drug-likeness (QED) is 0.756. The summed E-state index contributed by atoms with van der Waals surface area (Å²) in [5.74, 6) is 0.182. The van der Waals surface area contributed by atoms with Crippen LogP contribution >= 0.6 is 23.2 Å². The molecule has 0 unspecified atom stereocenters. The van der Waals surface area contributed by atoms with Crippen molar-refractivity contribution in [3.05, 3.63) is 33.8 Å². The summed E-state index contributed by atoms with van der Waals surface area (Å²) in [7, 11) is 0. The van der Waals surface area contributed by atoms with E-state index in [1.807, 2.05) is 12.1 Å². The van der Waals surface area contributed by atoms with Crippen LogP contribution in [-0.4, -0.2) is 5.78 Å². The monoisotopic (exact) mass is 228 g/mol. The van der Waals surface area contributed by atoms with Gasteiger partial charge in [-0.1, -0.05) is 35.3 Å². The van der Waals surface area contributed by atoms with E-state index in [0.29, 0.717) is 10.0 Å². The maximum atomic E-state index is 11.5. The second-order valence-corrected chi connectivity index (χ2v) is 4.52. The van der Waals surface area contributed by atoms with Gasteiger partial charge in [0.15, 0.2) is 0 Å². The van der Waals surface area contributed by atoms with Gasteiger partial charge in [0, 0.05) is 0 Å². The molecule has 3 heteroatoms. The molecule has 1 aromatic rings. The molecular formula is C11H10Cl2O. The first-order valence-corrected chi connectivity index (χ1v) is 5.29. The molecule has 0 heterocycles. The van der Waals surface area contributed by atoms with E-state index in [1.165, 1.54) is 0 Å². The minimum atomic E-state index is -0.331. The Balaban J connectivity index is 2.52. The van der Waals surface area contributed by atoms with E-state index in [-0.39, 0.29) is 11.2 Å². The van der Waals surface area contributed by atoms with Gasteiger partial charge in [0.25, 0.3) is 0 Å². The summed E-state index contributed by atoms with van der Waals surface area (Å²) in [6.45, 7) is 1.62. The smallest absolute Gasteiger partial charge is 0.140 e. The molecule has 1 aliphatic rings. The minimum Gasteiger partial charge on any atom is -0.299 e. The van der Waals surface area contributed by atoms with Crippen molar-refractivity contribution in [1.29, 1.82) is 0 Å². The molecule has 0 amide bonds. The van der Waals surface area contributed by atoms with Gasteiger partial charge in [-0.15, -0.1) is 0 Å². The van der Waals surface area contributed by atoms with E-state index in [1.54, 1.807) is 13.0 Å². The lowest BCUT2D eigenvalue weighted by Gasteiger charge is -2.14. The zero-order valence-corrected chi connectivity index (χ0v) is 9.32. The molecule has 74 valence electrons. The lowest BCUT2D eigenvalue weighted by atomic mass is 9.92. The summed E-state index contributed by atoms with van der Waals surface area (Å²) in [5, 5.41) is 1.05. The highest BCUT2D eigenvalue weighted by molar-refractivity contribution is 6.42. The third-order valence-corrected chi connectivity index (χ3v) is 3.71. The van der Waals surface area contributed by atoms with Crippen LogP contribution in [0.25, 0.3) is 0 Å². The van der Waals surface area contributed by atoms with Crippen LogP contribution in [0, 0.1) is 0 Å². The van der Waals surface area contributed by atoms with E-state index in [4.69, 9.17) is 23.2 Å². The Morgan fingerprint density at radius 2 is 2.00 bits per heavy atom. The minimum absolute atomic E-state index is 0.182. The van der Waals surface area contributed by atoms with Crippen molar-refractivity contribution in [3.63, 3.8) is 0 Å². The topological polar surface area (TPSA) is 17.1 Å². The zero-order valence-electron chi connectivity index (χ0n) is 7.81. The largest absolute Gasteiger partial charge is 0.299 e. The fourth-order valence-corrected chi connectivity index (χ4v) is 2.29. The summed E-state index contributed by atoms with van der Waals surface area (Å²) in [6.07, 6.45) is 1.78. The molecule has 1 aliphatic carbocycles. The number of ketones is 1. The lowest BCUT2D eigenvalue weighted by molar-refractivity contribution is -0.119. The molecule has 0 N–H and O–H groups in total. The van der Waals surface area contributed by atoms with Gasteiger partial charge < -0.3 is 0 Å². The number of benzene rings is 1. The van der Waals surface area contributed by atoms with Crippen LogP contribution in [-0.2, 0) is 10.2 Å². The molecule has 14 heavy (non-hydrogen) atoms. The van der Waals surface area contributed by atoms with Crippen LogP contribution in [0.3, 0.4) is 0 Å². The summed E-state index contributed by atoms with van der Waals surface area (Å²) in [5.41, 5.74) is 0.557. The predicted octanol–water partition coefficient (Wildman–Crippen LogP) is 3.61. The van der Waals surface area contributed by atoms with E-state index in [2.05, 4.69) is 0 Å². The Morgan fingerprint density at radius 3 is 2.50 bits per heavy atom. The first kappa shape index (κ1) is 10.0. The van der Waals surface area contributed by atoms with Gasteiger partial charge in [0.1, 0.15) is 5.78 Å². The summed E-state index contributed by atoms with van der Waals surface area (Å²) < 4.78 is 0. The zero-order chi connectivity index (χ0) is 10.3. The van der Waals surface area contributed by atoms with E-state index < -0.39 is 0 Å². The average molecular weight is 229 g/mol. The first-order valence-electron chi connectivity index (χ1n) is 4.53. The van der Waals surface area contributed by atoms with Crippen LogP contribution in [0.4, 0.5) is 0 Å². The second-order valence-electron chi connectivity index (χ2n) is 3.74. The average Bonchev–Trinajstić information content (AvgIpc) is 2.90. The molecule has 0 aromatic heterocycles. The van der Waals surface area contributed by atoms with Gasteiger partial charge in [-0.3, -0.25) is 4.79 Å². The van der Waals surface area contributed by atoms with Crippen LogP contribution in [0.15, 0.2) is 18.2 Å². The van der Waals surface area contributed by atoms with Gasteiger partial charge >= 0.3 is 0 Å². The second kappa shape index (κ2) is 3.25. The Kier molecular flexibility index (Phi) is 2.32. The molecule has 0 atom stereocenters. The Bertz CT molecular complexity index is 394. The molecule has 1 saturated carbocycles. The van der Waals surface area contributed by atoms with Gasteiger partial charge in [-0.2, -0.15) is 0 Å². The molecule has 0 spiro atoms. The van der Waals surface area contributed by atoms with Crippen molar-refractivity contribution in [2.24, 2.45) is 0 Å². The molecule has 1 nitrogen and oxygen atoms in total. The van der Waals surface area contributed by atoms with Crippen molar-refractivity contribution in [3.8, 4) is 0 Å². The summed E-state index contributed by atoms with van der Waals surface area (Å²) in [6, 6.07) is 5.47. The normalized spacial score (nSPS) is 17.9. The highest BCUT2D eigenvalue weighted by Gasteiger charge is 2.49. The SMILES string of the molecule is CC(=O)C1(c2cccc(Cl)c2Cl)CC1. The van der Waals surface area contributed by atoms with Crippen LogP contribution in [0.2, 0.25) is 10.0 Å². The summed E-state index contributed by atoms with van der Waals surface area (Å²) >= 11 is 12.0. The Morgan fingerprint density at radius 1 is 1.36 bits per heavy atom. The third kappa shape index (κ3) is 1.35. The first-order chi connectivity index (χ1) is 6.58. The van der Waals surface area contributed by atoms with Gasteiger partial charge in [0.05, 0.1) is 15.5 Å². The molecule has 2 rings (SSSR count). The van der Waals surface area contributed by atoms with E-state index in [9.17, 15) is 4.79 Å². The van der Waals surface area contributed by atoms with Crippen LogP contribution in [0.5, 0.6) is 0 Å². The van der Waals surface area contributed by atoms with Crippen molar-refractivity contribution in [2.75, 3.05) is 0 Å². The third-order valence-electron chi connectivity index (χ3n) is 2.89. The molecule has 0 radical (unpaired) electrons. The number of hydrogen-bond acceptors (Lipinski definition) is 1. The molecule has 0 bridgehead atoms. The fraction of sp³-hybridized carbons (Fsp3) is 0.364. The summed E-state index contributed by atoms with van der Waals surface area (Å²) in [4.78, 5) is 11.5. The number of Topliss-reactive ketones (excluding diaryl/α,β-unsaturated/α-hetero) is 1. The standard InChI is InChI=1S/C11H10Cl2O/c1-7(14)11(5-6-11)8-3-2-4-9(12)10(8)13/h2-4H,5-6H2,1H3. The van der Waals surface area contributed by atoms with E-state index in [0.717, 1.165) is 18.4 Å². The molecule has 0 aliphatic heterocycles. The Hall–Kier alpha value is -0.530. The number of halogens is 2. The molecule has 0 saturated heterocycles. The lowest BCUT2D eigenvalue weighted by Crippen LogP contribution is -2.17. The molecule has 1 aromatic carbocycles. The molecule has 1 fully saturated rings. The number of carbonyl (C=O) groups excluding carboxylic acids is 1. The number of carbonyl (C=O) groups is 1. The maximum Gasteiger partial charge on any atom is 0.140 e. The fourth-order valence-electron chi connectivity index (χ4n) is 1.81. The maximum absolute atomic E-state index is 11.5. The van der Waals surface area contributed by atoms with Crippen molar-refractivity contribution in [1.82, 2.24) is 0 Å². The van der Waals surface area contributed by atoms with Crippen LogP contribution < -0.4 is 0 Å². The van der Waals surface area contributed by atoms with Crippen molar-refractivity contribution >= 4 is 29.0 Å². The predicted molar refractivity (Wildman–Crippen MR) is 58.1 cm³/mol. The molecular weight excluding hydrogens is 219 g/mol. The Labute approximate surface area is 93.0 Å². The highest BCUT2D eigenvalue weighted by atomic mass is 35.5.